The molecule has 0 aliphatic rings. The van der Waals surface area contributed by atoms with Gasteiger partial charge in [-0.25, -0.2) is 0 Å². The summed E-state index contributed by atoms with van der Waals surface area (Å²) in [4.78, 5) is 12.0. The molecular formula is C24H28N2O3. The number of amides is 1. The number of aromatic nitrogens is 1. The number of carbonyl (C=O) groups is 1. The maximum absolute atomic E-state index is 12.0. The van der Waals surface area contributed by atoms with Crippen LogP contribution in [0, 0.1) is 6.92 Å². The number of benzene rings is 2. The second kappa shape index (κ2) is 9.32. The van der Waals surface area contributed by atoms with E-state index in [2.05, 4.69) is 28.8 Å². The van der Waals surface area contributed by atoms with Crippen LogP contribution in [0.5, 0.6) is 11.5 Å². The second-order valence-electron chi connectivity index (χ2n) is 7.05. The van der Waals surface area contributed by atoms with Crippen molar-refractivity contribution in [3.63, 3.8) is 0 Å². The first-order valence-electron chi connectivity index (χ1n) is 9.81. The summed E-state index contributed by atoms with van der Waals surface area (Å²) in [6.45, 7) is 2.73. The van der Waals surface area contributed by atoms with E-state index in [1.165, 1.54) is 5.56 Å². The molecule has 0 unspecified atom stereocenters. The highest BCUT2D eigenvalue weighted by Gasteiger charge is 2.19. The third-order valence-corrected chi connectivity index (χ3v) is 5.25. The van der Waals surface area contributed by atoms with E-state index in [1.54, 1.807) is 14.2 Å². The number of hydrogen-bond donors (Lipinski definition) is 1. The van der Waals surface area contributed by atoms with Crippen molar-refractivity contribution in [2.45, 2.75) is 32.7 Å². The Morgan fingerprint density at radius 2 is 1.76 bits per heavy atom. The lowest BCUT2D eigenvalue weighted by Crippen LogP contribution is -2.12. The molecule has 0 saturated carbocycles. The summed E-state index contributed by atoms with van der Waals surface area (Å²) in [7, 11) is 3.27. The van der Waals surface area contributed by atoms with Crippen LogP contribution < -0.4 is 15.2 Å². The second-order valence-corrected chi connectivity index (χ2v) is 7.05. The van der Waals surface area contributed by atoms with Crippen molar-refractivity contribution < 1.29 is 14.3 Å². The fourth-order valence-electron chi connectivity index (χ4n) is 3.66. The van der Waals surface area contributed by atoms with Gasteiger partial charge in [-0.15, -0.1) is 0 Å². The van der Waals surface area contributed by atoms with E-state index in [4.69, 9.17) is 15.2 Å². The van der Waals surface area contributed by atoms with Crippen molar-refractivity contribution in [1.29, 1.82) is 0 Å². The predicted molar refractivity (Wildman–Crippen MR) is 116 cm³/mol. The molecule has 1 amide bonds. The lowest BCUT2D eigenvalue weighted by atomic mass is 10.1. The molecule has 29 heavy (non-hydrogen) atoms. The van der Waals surface area contributed by atoms with Crippen molar-refractivity contribution >= 4 is 5.91 Å². The van der Waals surface area contributed by atoms with Crippen molar-refractivity contribution in [2.75, 3.05) is 14.2 Å². The average Bonchev–Trinajstić information content (AvgIpc) is 3.07. The van der Waals surface area contributed by atoms with Gasteiger partial charge in [0.2, 0.25) is 0 Å². The van der Waals surface area contributed by atoms with Gasteiger partial charge in [0, 0.05) is 17.8 Å². The van der Waals surface area contributed by atoms with Crippen LogP contribution in [-0.2, 0) is 13.0 Å². The summed E-state index contributed by atoms with van der Waals surface area (Å²) in [6.07, 6.45) is 3.08. The van der Waals surface area contributed by atoms with E-state index in [0.29, 0.717) is 5.56 Å². The molecule has 0 aliphatic heterocycles. The first-order chi connectivity index (χ1) is 14.0. The molecule has 0 atom stereocenters. The normalized spacial score (nSPS) is 10.7. The number of ether oxygens (including phenoxy) is 2. The van der Waals surface area contributed by atoms with Crippen LogP contribution in [0.4, 0.5) is 0 Å². The summed E-state index contributed by atoms with van der Waals surface area (Å²) < 4.78 is 13.1. The average molecular weight is 392 g/mol. The third kappa shape index (κ3) is 4.62. The number of nitrogens with two attached hydrogens (primary N) is 1. The van der Waals surface area contributed by atoms with Crippen LogP contribution in [0.2, 0.25) is 0 Å². The number of carbonyl (C=O) groups excluding carboxylic acids is 1. The highest BCUT2D eigenvalue weighted by Crippen LogP contribution is 2.36. The Labute approximate surface area is 172 Å². The van der Waals surface area contributed by atoms with Crippen molar-refractivity contribution in [3.05, 3.63) is 71.4 Å². The molecule has 1 aromatic heterocycles. The van der Waals surface area contributed by atoms with Gasteiger partial charge >= 0.3 is 0 Å². The van der Waals surface area contributed by atoms with Crippen LogP contribution in [0.25, 0.3) is 11.3 Å². The maximum Gasteiger partial charge on any atom is 0.250 e. The molecule has 2 N–H and O–H groups in total. The summed E-state index contributed by atoms with van der Waals surface area (Å²) in [6, 6.07) is 18.0. The molecule has 5 nitrogen and oxygen atoms in total. The van der Waals surface area contributed by atoms with Crippen LogP contribution >= 0.6 is 0 Å². The van der Waals surface area contributed by atoms with E-state index in [9.17, 15) is 4.79 Å². The zero-order valence-corrected chi connectivity index (χ0v) is 17.3. The summed E-state index contributed by atoms with van der Waals surface area (Å²) >= 11 is 0. The highest BCUT2D eigenvalue weighted by atomic mass is 16.5. The smallest absolute Gasteiger partial charge is 0.250 e. The van der Waals surface area contributed by atoms with E-state index in [1.807, 2.05) is 37.3 Å². The minimum Gasteiger partial charge on any atom is -0.497 e. The molecular weight excluding hydrogens is 364 g/mol. The van der Waals surface area contributed by atoms with Gasteiger partial charge in [-0.05, 0) is 56.0 Å². The van der Waals surface area contributed by atoms with E-state index in [0.717, 1.165) is 54.3 Å². The Morgan fingerprint density at radius 1 is 1.00 bits per heavy atom. The van der Waals surface area contributed by atoms with Gasteiger partial charge in [0.15, 0.2) is 0 Å². The summed E-state index contributed by atoms with van der Waals surface area (Å²) in [5.41, 5.74) is 10.2. The molecule has 0 bridgehead atoms. The molecule has 2 aromatic carbocycles. The van der Waals surface area contributed by atoms with Crippen LogP contribution in [-0.4, -0.2) is 24.7 Å². The Bertz CT molecular complexity index is 977. The van der Waals surface area contributed by atoms with Gasteiger partial charge < -0.3 is 19.8 Å². The zero-order chi connectivity index (χ0) is 20.8. The predicted octanol–water partition coefficient (Wildman–Crippen LogP) is 4.60. The monoisotopic (exact) mass is 392 g/mol. The maximum atomic E-state index is 12.0. The lowest BCUT2D eigenvalue weighted by molar-refractivity contribution is 0.0999. The molecule has 1 heterocycles. The highest BCUT2D eigenvalue weighted by molar-refractivity contribution is 5.96. The minimum atomic E-state index is -0.423. The number of rotatable bonds is 9. The number of methoxy groups -OCH3 is 2. The van der Waals surface area contributed by atoms with Crippen LogP contribution in [0.3, 0.4) is 0 Å². The number of aryl methyl sites for hydroxylation is 1. The number of nitrogens with zero attached hydrogens (tertiary/aromatic N) is 1. The van der Waals surface area contributed by atoms with Gasteiger partial charge in [-0.1, -0.05) is 30.3 Å². The molecule has 3 rings (SSSR count). The largest absolute Gasteiger partial charge is 0.497 e. The summed E-state index contributed by atoms with van der Waals surface area (Å²) in [5, 5.41) is 0. The van der Waals surface area contributed by atoms with Gasteiger partial charge in [-0.3, -0.25) is 4.79 Å². The Hall–Kier alpha value is -3.21. The third-order valence-electron chi connectivity index (χ3n) is 5.25. The fourth-order valence-corrected chi connectivity index (χ4v) is 3.66. The first-order valence-corrected chi connectivity index (χ1v) is 9.81. The van der Waals surface area contributed by atoms with Crippen LogP contribution in [0.15, 0.2) is 54.6 Å². The minimum absolute atomic E-state index is 0.423. The van der Waals surface area contributed by atoms with Gasteiger partial charge in [0.25, 0.3) is 5.91 Å². The standard InChI is InChI=1S/C24H28N2O3/c1-17-20(24(25)27)16-22(21-15-19(28-2)12-13-23(21)29-3)26(17)14-8-7-11-18-9-5-4-6-10-18/h4-6,9-10,12-13,15-16H,7-8,11,14H2,1-3H3,(H2,25,27). The van der Waals surface area contributed by atoms with Crippen LogP contribution in [0.1, 0.15) is 34.5 Å². The van der Waals surface area contributed by atoms with Gasteiger partial charge in [0.05, 0.1) is 25.5 Å². The van der Waals surface area contributed by atoms with E-state index < -0.39 is 5.91 Å². The molecule has 3 aromatic rings. The lowest BCUT2D eigenvalue weighted by Gasteiger charge is -2.15. The number of hydrogen-bond acceptors (Lipinski definition) is 3. The fraction of sp³-hybridized carbons (Fsp3) is 0.292. The Morgan fingerprint density at radius 3 is 2.41 bits per heavy atom. The quantitative estimate of drug-likeness (QED) is 0.541. The molecule has 0 spiro atoms. The first kappa shape index (κ1) is 20.5. The topological polar surface area (TPSA) is 66.5 Å². The molecule has 0 radical (unpaired) electrons. The van der Waals surface area contributed by atoms with E-state index in [-0.39, 0.29) is 0 Å². The number of unbranched alkanes of at least 4 members (excludes halogenated alkanes) is 1. The Balaban J connectivity index is 1.89. The molecule has 0 fully saturated rings. The number of primary amides is 1. The Kier molecular flexibility index (Phi) is 6.60. The summed E-state index contributed by atoms with van der Waals surface area (Å²) in [5.74, 6) is 1.04. The molecule has 0 aliphatic carbocycles. The van der Waals surface area contributed by atoms with Gasteiger partial charge in [0.1, 0.15) is 11.5 Å². The van der Waals surface area contributed by atoms with Gasteiger partial charge in [-0.2, -0.15) is 0 Å². The molecule has 5 heteroatoms. The zero-order valence-electron chi connectivity index (χ0n) is 17.3. The molecule has 152 valence electrons. The SMILES string of the molecule is COc1ccc(OC)c(-c2cc(C(N)=O)c(C)n2CCCCc2ccccc2)c1. The molecule has 0 saturated heterocycles. The van der Waals surface area contributed by atoms with Crippen molar-refractivity contribution in [2.24, 2.45) is 5.73 Å². The van der Waals surface area contributed by atoms with E-state index >= 15 is 0 Å². The van der Waals surface area contributed by atoms with Crippen molar-refractivity contribution in [3.8, 4) is 22.8 Å². The van der Waals surface area contributed by atoms with Crippen molar-refractivity contribution in [1.82, 2.24) is 4.57 Å².